The summed E-state index contributed by atoms with van der Waals surface area (Å²) in [5, 5.41) is 12.2. The van der Waals surface area contributed by atoms with Crippen LogP contribution < -0.4 is 5.32 Å². The van der Waals surface area contributed by atoms with Crippen LogP contribution in [0.3, 0.4) is 0 Å². The summed E-state index contributed by atoms with van der Waals surface area (Å²) in [5.41, 5.74) is 1.50. The third-order valence-corrected chi connectivity index (χ3v) is 4.24. The summed E-state index contributed by atoms with van der Waals surface area (Å²) in [4.78, 5) is 29.5. The molecular weight excluding hydrogens is 270 g/mol. The lowest BCUT2D eigenvalue weighted by Crippen LogP contribution is -2.38. The van der Waals surface area contributed by atoms with E-state index in [0.717, 1.165) is 11.4 Å². The smallest absolute Gasteiger partial charge is 0.321 e. The fraction of sp³-hybridized carbons (Fsp3) is 0.533. The van der Waals surface area contributed by atoms with Crippen molar-refractivity contribution in [1.29, 1.82) is 0 Å². The zero-order valence-electron chi connectivity index (χ0n) is 12.6. The summed E-state index contributed by atoms with van der Waals surface area (Å²) in [6.07, 6.45) is 1.02. The summed E-state index contributed by atoms with van der Waals surface area (Å²) in [6.45, 7) is 6.29. The molecule has 1 fully saturated rings. The van der Waals surface area contributed by atoms with Crippen molar-refractivity contribution in [2.75, 3.05) is 18.4 Å². The molecule has 0 aromatic carbocycles. The van der Waals surface area contributed by atoms with Crippen molar-refractivity contribution >= 4 is 17.7 Å². The van der Waals surface area contributed by atoms with Crippen LogP contribution in [0.5, 0.6) is 0 Å². The van der Waals surface area contributed by atoms with Crippen LogP contribution in [0, 0.1) is 19.3 Å². The van der Waals surface area contributed by atoms with E-state index in [1.807, 2.05) is 32.9 Å². The standard InChI is InChI=1S/C15H21N3O3/c1-4-15(13(19)20)7-8-18(9-15)14(21)17-12-6-5-10(2)16-11(12)3/h5-6H,4,7-9H2,1-3H3,(H,17,21)(H,19,20). The van der Waals surface area contributed by atoms with Crippen LogP contribution in [0.1, 0.15) is 31.2 Å². The second-order valence-corrected chi connectivity index (χ2v) is 5.63. The average molecular weight is 291 g/mol. The van der Waals surface area contributed by atoms with Gasteiger partial charge in [-0.2, -0.15) is 0 Å². The number of aromatic nitrogens is 1. The number of carbonyl (C=O) groups excluding carboxylic acids is 1. The van der Waals surface area contributed by atoms with Gasteiger partial charge < -0.3 is 15.3 Å². The van der Waals surface area contributed by atoms with E-state index in [9.17, 15) is 14.7 Å². The number of aryl methyl sites for hydroxylation is 2. The highest BCUT2D eigenvalue weighted by molar-refractivity contribution is 5.91. The zero-order valence-corrected chi connectivity index (χ0v) is 12.6. The first kappa shape index (κ1) is 15.3. The lowest BCUT2D eigenvalue weighted by Gasteiger charge is -2.23. The molecule has 1 aliphatic rings. The highest BCUT2D eigenvalue weighted by Gasteiger charge is 2.44. The molecule has 0 radical (unpaired) electrons. The molecule has 1 unspecified atom stereocenters. The molecule has 0 bridgehead atoms. The SMILES string of the molecule is CCC1(C(=O)O)CCN(C(=O)Nc2ccc(C)nc2C)C1. The van der Waals surface area contributed by atoms with E-state index >= 15 is 0 Å². The van der Waals surface area contributed by atoms with Gasteiger partial charge in [0.1, 0.15) is 0 Å². The van der Waals surface area contributed by atoms with E-state index < -0.39 is 11.4 Å². The summed E-state index contributed by atoms with van der Waals surface area (Å²) < 4.78 is 0. The van der Waals surface area contributed by atoms with Crippen molar-refractivity contribution in [3.8, 4) is 0 Å². The highest BCUT2D eigenvalue weighted by Crippen LogP contribution is 2.34. The topological polar surface area (TPSA) is 82.5 Å². The number of carbonyl (C=O) groups is 2. The maximum absolute atomic E-state index is 12.3. The molecule has 2 amide bonds. The Morgan fingerprint density at radius 3 is 2.67 bits per heavy atom. The van der Waals surface area contributed by atoms with E-state index in [2.05, 4.69) is 10.3 Å². The van der Waals surface area contributed by atoms with E-state index in [1.54, 1.807) is 4.90 Å². The minimum absolute atomic E-state index is 0.253. The Morgan fingerprint density at radius 1 is 1.43 bits per heavy atom. The molecule has 1 aromatic heterocycles. The van der Waals surface area contributed by atoms with E-state index in [0.29, 0.717) is 25.1 Å². The molecule has 1 aromatic rings. The molecule has 0 aliphatic carbocycles. The molecule has 6 heteroatoms. The number of likely N-dealkylation sites (tertiary alicyclic amines) is 1. The maximum Gasteiger partial charge on any atom is 0.321 e. The van der Waals surface area contributed by atoms with Gasteiger partial charge in [0, 0.05) is 18.8 Å². The number of nitrogens with one attached hydrogen (secondary N) is 1. The molecule has 1 atom stereocenters. The Kier molecular flexibility index (Phi) is 4.16. The van der Waals surface area contributed by atoms with Crippen molar-refractivity contribution in [1.82, 2.24) is 9.88 Å². The lowest BCUT2D eigenvalue weighted by molar-refractivity contribution is -0.148. The average Bonchev–Trinajstić information content (AvgIpc) is 2.88. The number of anilines is 1. The molecule has 0 spiro atoms. The number of rotatable bonds is 3. The Morgan fingerprint density at radius 2 is 2.14 bits per heavy atom. The third kappa shape index (κ3) is 2.99. The van der Waals surface area contributed by atoms with Crippen LogP contribution in [-0.2, 0) is 4.79 Å². The first-order valence-electron chi connectivity index (χ1n) is 7.11. The molecule has 1 saturated heterocycles. The molecule has 21 heavy (non-hydrogen) atoms. The molecule has 2 rings (SSSR count). The van der Waals surface area contributed by atoms with Gasteiger partial charge in [-0.05, 0) is 38.8 Å². The van der Waals surface area contributed by atoms with Crippen molar-refractivity contribution in [2.24, 2.45) is 5.41 Å². The molecule has 2 heterocycles. The van der Waals surface area contributed by atoms with E-state index in [4.69, 9.17) is 0 Å². The number of hydrogen-bond donors (Lipinski definition) is 2. The lowest BCUT2D eigenvalue weighted by atomic mass is 9.84. The van der Waals surface area contributed by atoms with Crippen LogP contribution in [0.4, 0.5) is 10.5 Å². The third-order valence-electron chi connectivity index (χ3n) is 4.24. The van der Waals surface area contributed by atoms with Crippen LogP contribution in [0.2, 0.25) is 0 Å². The highest BCUT2D eigenvalue weighted by atomic mass is 16.4. The van der Waals surface area contributed by atoms with Crippen molar-refractivity contribution in [3.63, 3.8) is 0 Å². The normalized spacial score (nSPS) is 21.4. The van der Waals surface area contributed by atoms with Crippen molar-refractivity contribution < 1.29 is 14.7 Å². The Labute approximate surface area is 124 Å². The Hall–Kier alpha value is -2.11. The van der Waals surface area contributed by atoms with Gasteiger partial charge in [-0.15, -0.1) is 0 Å². The van der Waals surface area contributed by atoms with Gasteiger partial charge in [0.25, 0.3) is 0 Å². The largest absolute Gasteiger partial charge is 0.481 e. The number of aliphatic carboxylic acids is 1. The van der Waals surface area contributed by atoms with Crippen LogP contribution in [-0.4, -0.2) is 40.1 Å². The van der Waals surface area contributed by atoms with Gasteiger partial charge in [0.05, 0.1) is 16.8 Å². The van der Waals surface area contributed by atoms with Crippen LogP contribution >= 0.6 is 0 Å². The number of nitrogens with zero attached hydrogens (tertiary/aromatic N) is 2. The van der Waals surface area contributed by atoms with Gasteiger partial charge >= 0.3 is 12.0 Å². The van der Waals surface area contributed by atoms with Crippen molar-refractivity contribution in [3.05, 3.63) is 23.5 Å². The van der Waals surface area contributed by atoms with Crippen LogP contribution in [0.15, 0.2) is 12.1 Å². The van der Waals surface area contributed by atoms with Crippen LogP contribution in [0.25, 0.3) is 0 Å². The Bertz CT molecular complexity index is 573. The summed E-state index contributed by atoms with van der Waals surface area (Å²) in [7, 11) is 0. The molecule has 2 N–H and O–H groups in total. The zero-order chi connectivity index (χ0) is 15.6. The molecule has 1 aliphatic heterocycles. The second kappa shape index (κ2) is 5.71. The first-order valence-corrected chi connectivity index (χ1v) is 7.11. The summed E-state index contributed by atoms with van der Waals surface area (Å²) in [6, 6.07) is 3.39. The quantitative estimate of drug-likeness (QED) is 0.896. The molecule has 114 valence electrons. The molecule has 6 nitrogen and oxygen atoms in total. The van der Waals surface area contributed by atoms with Gasteiger partial charge in [-0.3, -0.25) is 9.78 Å². The predicted molar refractivity (Wildman–Crippen MR) is 79.3 cm³/mol. The number of amides is 2. The van der Waals surface area contributed by atoms with E-state index in [1.165, 1.54) is 0 Å². The number of carboxylic acid groups (broad SMARTS) is 1. The predicted octanol–water partition coefficient (Wildman–Crippen LogP) is 2.42. The second-order valence-electron chi connectivity index (χ2n) is 5.63. The molecule has 0 saturated carbocycles. The fourth-order valence-electron chi connectivity index (χ4n) is 2.67. The fourth-order valence-corrected chi connectivity index (χ4v) is 2.67. The minimum Gasteiger partial charge on any atom is -0.481 e. The van der Waals surface area contributed by atoms with Gasteiger partial charge in [-0.1, -0.05) is 6.92 Å². The number of pyridine rings is 1. The number of carboxylic acids is 1. The van der Waals surface area contributed by atoms with Crippen molar-refractivity contribution in [2.45, 2.75) is 33.6 Å². The van der Waals surface area contributed by atoms with Gasteiger partial charge in [0.2, 0.25) is 0 Å². The summed E-state index contributed by atoms with van der Waals surface area (Å²) in [5.74, 6) is -0.825. The van der Waals surface area contributed by atoms with Gasteiger partial charge in [0.15, 0.2) is 0 Å². The first-order chi connectivity index (χ1) is 9.88. The summed E-state index contributed by atoms with van der Waals surface area (Å²) >= 11 is 0. The monoisotopic (exact) mass is 291 g/mol. The minimum atomic E-state index is -0.825. The number of urea groups is 1. The number of hydrogen-bond acceptors (Lipinski definition) is 3. The Balaban J connectivity index is 2.07. The maximum atomic E-state index is 12.3. The van der Waals surface area contributed by atoms with Gasteiger partial charge in [-0.25, -0.2) is 4.79 Å². The van der Waals surface area contributed by atoms with E-state index in [-0.39, 0.29) is 12.6 Å². The molecular formula is C15H21N3O3.